The summed E-state index contributed by atoms with van der Waals surface area (Å²) in [5.41, 5.74) is 0.214. The van der Waals surface area contributed by atoms with Gasteiger partial charge in [-0.15, -0.1) is 5.10 Å². The van der Waals surface area contributed by atoms with Gasteiger partial charge in [-0.05, 0) is 23.4 Å². The number of halogens is 2. The highest BCUT2D eigenvalue weighted by atomic mass is 19.1. The molecule has 0 aliphatic rings. The molecule has 0 fully saturated rings. The summed E-state index contributed by atoms with van der Waals surface area (Å²) in [6.07, 6.45) is 1.29. The molecule has 2 aromatic rings. The summed E-state index contributed by atoms with van der Waals surface area (Å²) >= 11 is 0. The maximum absolute atomic E-state index is 13.5. The van der Waals surface area contributed by atoms with Crippen LogP contribution in [0.1, 0.15) is 18.5 Å². The number of amides is 1. The molecule has 100 valence electrons. The Labute approximate surface area is 107 Å². The highest BCUT2D eigenvalue weighted by Crippen LogP contribution is 2.17. The van der Waals surface area contributed by atoms with E-state index in [1.54, 1.807) is 6.92 Å². The van der Waals surface area contributed by atoms with Crippen LogP contribution in [0, 0.1) is 11.6 Å². The summed E-state index contributed by atoms with van der Waals surface area (Å²) in [4.78, 5) is 11.6. The quantitative estimate of drug-likeness (QED) is 0.890. The number of aromatic nitrogens is 4. The first-order valence-corrected chi connectivity index (χ1v) is 5.51. The first-order chi connectivity index (χ1) is 9.06. The van der Waals surface area contributed by atoms with Gasteiger partial charge in [-0.1, -0.05) is 6.07 Å². The highest BCUT2D eigenvalue weighted by Gasteiger charge is 2.14. The van der Waals surface area contributed by atoms with Gasteiger partial charge in [0.15, 0.2) is 0 Å². The van der Waals surface area contributed by atoms with Gasteiger partial charge in [-0.3, -0.25) is 4.79 Å². The van der Waals surface area contributed by atoms with Crippen LogP contribution in [-0.2, 0) is 11.3 Å². The molecule has 0 bridgehead atoms. The van der Waals surface area contributed by atoms with E-state index in [9.17, 15) is 13.6 Å². The number of tetrazole rings is 1. The van der Waals surface area contributed by atoms with Gasteiger partial charge in [0.25, 0.3) is 0 Å². The lowest BCUT2D eigenvalue weighted by Crippen LogP contribution is -2.30. The Morgan fingerprint density at radius 2 is 2.26 bits per heavy atom. The number of hydrogen-bond donors (Lipinski definition) is 1. The van der Waals surface area contributed by atoms with Crippen molar-refractivity contribution in [3.8, 4) is 0 Å². The lowest BCUT2D eigenvalue weighted by molar-refractivity contribution is -0.122. The van der Waals surface area contributed by atoms with Crippen LogP contribution in [0.3, 0.4) is 0 Å². The van der Waals surface area contributed by atoms with E-state index >= 15 is 0 Å². The van der Waals surface area contributed by atoms with Gasteiger partial charge in [0.2, 0.25) is 5.91 Å². The lowest BCUT2D eigenvalue weighted by atomic mass is 10.1. The third-order valence-corrected chi connectivity index (χ3v) is 2.50. The molecule has 6 nitrogen and oxygen atoms in total. The fourth-order valence-electron chi connectivity index (χ4n) is 1.62. The van der Waals surface area contributed by atoms with Crippen LogP contribution in [0.4, 0.5) is 8.78 Å². The molecule has 1 heterocycles. The standard InChI is InChI=1S/C11H11F2N5O/c1-7(9-3-2-8(12)4-10(9)13)15-11(19)5-18-6-14-16-17-18/h2-4,6-7H,5H2,1H3,(H,15,19). The van der Waals surface area contributed by atoms with E-state index in [2.05, 4.69) is 20.8 Å². The minimum Gasteiger partial charge on any atom is -0.348 e. The third-order valence-electron chi connectivity index (χ3n) is 2.50. The molecule has 1 atom stereocenters. The normalized spacial score (nSPS) is 12.2. The van der Waals surface area contributed by atoms with Crippen molar-refractivity contribution in [1.82, 2.24) is 25.5 Å². The Morgan fingerprint density at radius 1 is 1.47 bits per heavy atom. The molecule has 19 heavy (non-hydrogen) atoms. The summed E-state index contributed by atoms with van der Waals surface area (Å²) in [5.74, 6) is -1.73. The van der Waals surface area contributed by atoms with Gasteiger partial charge >= 0.3 is 0 Å². The van der Waals surface area contributed by atoms with E-state index in [0.717, 1.165) is 12.1 Å². The molecule has 0 aliphatic heterocycles. The second-order valence-corrected chi connectivity index (χ2v) is 3.96. The molecule has 1 aromatic carbocycles. The average Bonchev–Trinajstić information content (AvgIpc) is 2.81. The molecule has 0 saturated carbocycles. The Hall–Kier alpha value is -2.38. The van der Waals surface area contributed by atoms with E-state index in [1.807, 2.05) is 0 Å². The van der Waals surface area contributed by atoms with Crippen LogP contribution in [0.5, 0.6) is 0 Å². The van der Waals surface area contributed by atoms with E-state index in [-0.39, 0.29) is 18.0 Å². The molecule has 1 amide bonds. The number of carbonyl (C=O) groups is 1. The van der Waals surface area contributed by atoms with Crippen molar-refractivity contribution in [1.29, 1.82) is 0 Å². The van der Waals surface area contributed by atoms with Gasteiger partial charge in [-0.2, -0.15) is 0 Å². The second-order valence-electron chi connectivity index (χ2n) is 3.96. The zero-order chi connectivity index (χ0) is 13.8. The Bertz CT molecular complexity index is 572. The summed E-state index contributed by atoms with van der Waals surface area (Å²) < 4.78 is 27.5. The summed E-state index contributed by atoms with van der Waals surface area (Å²) in [5, 5.41) is 12.9. The van der Waals surface area contributed by atoms with Crippen LogP contribution >= 0.6 is 0 Å². The molecule has 0 saturated heterocycles. The van der Waals surface area contributed by atoms with E-state index < -0.39 is 17.7 Å². The number of carbonyl (C=O) groups excluding carboxylic acids is 1. The van der Waals surface area contributed by atoms with Crippen LogP contribution in [0.25, 0.3) is 0 Å². The Kier molecular flexibility index (Phi) is 3.79. The molecule has 1 aromatic heterocycles. The van der Waals surface area contributed by atoms with E-state index in [0.29, 0.717) is 0 Å². The fraction of sp³-hybridized carbons (Fsp3) is 0.273. The highest BCUT2D eigenvalue weighted by molar-refractivity contribution is 5.76. The molecule has 0 radical (unpaired) electrons. The lowest BCUT2D eigenvalue weighted by Gasteiger charge is -2.14. The monoisotopic (exact) mass is 267 g/mol. The first-order valence-electron chi connectivity index (χ1n) is 5.51. The molecule has 8 heteroatoms. The van der Waals surface area contributed by atoms with Gasteiger partial charge in [-0.25, -0.2) is 13.5 Å². The first kappa shape index (κ1) is 13.1. The van der Waals surface area contributed by atoms with Crippen molar-refractivity contribution >= 4 is 5.91 Å². The predicted octanol–water partition coefficient (Wildman–Crippen LogP) is 0.829. The van der Waals surface area contributed by atoms with Crippen molar-refractivity contribution in [2.24, 2.45) is 0 Å². The van der Waals surface area contributed by atoms with Crippen molar-refractivity contribution < 1.29 is 13.6 Å². The average molecular weight is 267 g/mol. The number of hydrogen-bond acceptors (Lipinski definition) is 4. The molecule has 2 rings (SSSR count). The number of rotatable bonds is 4. The molecular formula is C11H11F2N5O. The predicted molar refractivity (Wildman–Crippen MR) is 60.7 cm³/mol. The zero-order valence-corrected chi connectivity index (χ0v) is 10.0. The second kappa shape index (κ2) is 5.51. The number of benzene rings is 1. The van der Waals surface area contributed by atoms with Crippen molar-refractivity contribution in [3.05, 3.63) is 41.7 Å². The smallest absolute Gasteiger partial charge is 0.242 e. The Morgan fingerprint density at radius 3 is 2.89 bits per heavy atom. The number of nitrogens with zero attached hydrogens (tertiary/aromatic N) is 4. The summed E-state index contributed by atoms with van der Waals surface area (Å²) in [6.45, 7) is 1.54. The Balaban J connectivity index is 2.00. The zero-order valence-electron chi connectivity index (χ0n) is 10.0. The number of nitrogens with one attached hydrogen (secondary N) is 1. The maximum Gasteiger partial charge on any atom is 0.242 e. The summed E-state index contributed by atoms with van der Waals surface area (Å²) in [7, 11) is 0. The molecule has 0 aliphatic carbocycles. The van der Waals surface area contributed by atoms with Gasteiger partial charge in [0, 0.05) is 11.6 Å². The van der Waals surface area contributed by atoms with Crippen LogP contribution in [0.2, 0.25) is 0 Å². The van der Waals surface area contributed by atoms with Crippen molar-refractivity contribution in [3.63, 3.8) is 0 Å². The van der Waals surface area contributed by atoms with Gasteiger partial charge in [0.1, 0.15) is 24.5 Å². The van der Waals surface area contributed by atoms with E-state index in [1.165, 1.54) is 17.1 Å². The SMILES string of the molecule is CC(NC(=O)Cn1cnnn1)c1ccc(F)cc1F. The third kappa shape index (κ3) is 3.30. The minimum atomic E-state index is -0.699. The van der Waals surface area contributed by atoms with Crippen LogP contribution in [-0.4, -0.2) is 26.1 Å². The topological polar surface area (TPSA) is 72.7 Å². The molecular weight excluding hydrogens is 256 g/mol. The van der Waals surface area contributed by atoms with Crippen LogP contribution < -0.4 is 5.32 Å². The van der Waals surface area contributed by atoms with Crippen LogP contribution in [0.15, 0.2) is 24.5 Å². The maximum atomic E-state index is 13.5. The van der Waals surface area contributed by atoms with Crippen molar-refractivity contribution in [2.75, 3.05) is 0 Å². The van der Waals surface area contributed by atoms with E-state index in [4.69, 9.17) is 0 Å². The minimum absolute atomic E-state index is 0.0693. The van der Waals surface area contributed by atoms with Gasteiger partial charge in [0.05, 0.1) is 6.04 Å². The molecule has 1 unspecified atom stereocenters. The summed E-state index contributed by atoms with van der Waals surface area (Å²) in [6, 6.07) is 2.64. The van der Waals surface area contributed by atoms with Crippen molar-refractivity contribution in [2.45, 2.75) is 19.5 Å². The fourth-order valence-corrected chi connectivity index (χ4v) is 1.62. The largest absolute Gasteiger partial charge is 0.348 e. The van der Waals surface area contributed by atoms with Gasteiger partial charge < -0.3 is 5.32 Å². The molecule has 1 N–H and O–H groups in total. The molecule has 0 spiro atoms.